The van der Waals surface area contributed by atoms with Crippen molar-refractivity contribution in [2.75, 3.05) is 40.9 Å². The third-order valence-electron chi connectivity index (χ3n) is 12.6. The first-order chi connectivity index (χ1) is 34.5. The number of allylic oxidation sites excluding steroid dienone is 16. The summed E-state index contributed by atoms with van der Waals surface area (Å²) in [5.74, 6) is -0.173. The largest absolute Gasteiger partial charge is 0.756 e. The molecule has 0 aromatic carbocycles. The zero-order chi connectivity index (χ0) is 52.0. The smallest absolute Gasteiger partial charge is 0.268 e. The lowest BCUT2D eigenvalue weighted by atomic mass is 10.0. The number of aliphatic hydroxyl groups excluding tert-OH is 1. The molecule has 0 aliphatic rings. The molecular formula is C62H111N2O6P. The number of phosphoric ester groups is 1. The van der Waals surface area contributed by atoms with Gasteiger partial charge in [0.05, 0.1) is 39.9 Å². The van der Waals surface area contributed by atoms with Crippen LogP contribution in [0, 0.1) is 0 Å². The number of amides is 1. The van der Waals surface area contributed by atoms with Gasteiger partial charge in [0.1, 0.15) is 13.2 Å². The summed E-state index contributed by atoms with van der Waals surface area (Å²) in [6, 6.07) is -0.808. The first-order valence-corrected chi connectivity index (χ1v) is 30.5. The van der Waals surface area contributed by atoms with Crippen LogP contribution in [0.4, 0.5) is 0 Å². The SMILES string of the molecule is CC/C=C\C/C=C\C/C=C\C/C=C\C/C=C\C/C=C\C/C=C\C/C=C\CCCCCCCCCCCCC(=O)NC(COP(=O)([O-])OCC[N+](C)(C)C)C(O)CCCCCCCCCCCCCCCC. The Morgan fingerprint density at radius 3 is 1.25 bits per heavy atom. The minimum Gasteiger partial charge on any atom is -0.756 e. The van der Waals surface area contributed by atoms with Crippen LogP contribution >= 0.6 is 7.82 Å². The maximum absolute atomic E-state index is 13.0. The zero-order valence-electron chi connectivity index (χ0n) is 46.6. The standard InChI is InChI=1S/C62H111N2O6P/c1-6-8-10-12-14-16-18-20-22-23-24-25-26-27-28-29-30-31-32-33-34-35-36-37-38-39-40-41-42-44-46-48-50-52-54-56-62(66)63-60(59-70-71(67,68)69-58-57-64(3,4)5)61(65)55-53-51-49-47-45-43-21-19-17-15-13-11-9-7-2/h8,10,14,16,20,22,24-25,27-28,30-31,33-34,36-37,60-61,65H,6-7,9,11-13,15,17-19,21,23,26,29,32,35,38-59H2,1-5H3,(H-,63,66,67,68)/b10-8-,16-14-,22-20-,25-24-,28-27-,31-30-,34-33-,37-36-. The number of nitrogens with zero attached hydrogens (tertiary/aromatic N) is 1. The predicted octanol–water partition coefficient (Wildman–Crippen LogP) is 17.2. The molecule has 8 nitrogen and oxygen atoms in total. The Hall–Kier alpha value is -2.58. The van der Waals surface area contributed by atoms with Gasteiger partial charge in [-0.05, 0) is 77.0 Å². The van der Waals surface area contributed by atoms with Crippen molar-refractivity contribution in [3.8, 4) is 0 Å². The Morgan fingerprint density at radius 2 is 0.859 bits per heavy atom. The van der Waals surface area contributed by atoms with Gasteiger partial charge in [0.15, 0.2) is 0 Å². The van der Waals surface area contributed by atoms with Crippen molar-refractivity contribution in [3.05, 3.63) is 97.2 Å². The van der Waals surface area contributed by atoms with E-state index in [9.17, 15) is 19.4 Å². The third-order valence-corrected chi connectivity index (χ3v) is 13.6. The van der Waals surface area contributed by atoms with E-state index in [0.29, 0.717) is 23.9 Å². The first kappa shape index (κ1) is 68.4. The average molecular weight is 1010 g/mol. The summed E-state index contributed by atoms with van der Waals surface area (Å²) < 4.78 is 23.4. The van der Waals surface area contributed by atoms with Gasteiger partial charge in [0, 0.05) is 6.42 Å². The Kier molecular flexibility index (Phi) is 50.4. The van der Waals surface area contributed by atoms with Crippen molar-refractivity contribution >= 4 is 13.7 Å². The van der Waals surface area contributed by atoms with Crippen molar-refractivity contribution in [3.63, 3.8) is 0 Å². The summed E-state index contributed by atoms with van der Waals surface area (Å²) in [5, 5.41) is 14.0. The van der Waals surface area contributed by atoms with Crippen molar-refractivity contribution < 1.29 is 32.9 Å². The molecule has 0 aliphatic carbocycles. The molecule has 0 heterocycles. The second-order valence-electron chi connectivity index (χ2n) is 20.6. The van der Waals surface area contributed by atoms with Crippen LogP contribution in [0.5, 0.6) is 0 Å². The lowest BCUT2D eigenvalue weighted by Crippen LogP contribution is -2.46. The minimum absolute atomic E-state index is 0.00745. The molecule has 0 spiro atoms. The molecule has 1 amide bonds. The summed E-state index contributed by atoms with van der Waals surface area (Å²) in [6.07, 6.45) is 74.4. The number of unbranched alkanes of at least 4 members (excludes halogenated alkanes) is 23. The topological polar surface area (TPSA) is 108 Å². The average Bonchev–Trinajstić information content (AvgIpc) is 3.33. The molecule has 9 heteroatoms. The number of hydrogen-bond donors (Lipinski definition) is 2. The Balaban J connectivity index is 4.11. The second-order valence-corrected chi connectivity index (χ2v) is 22.0. The second kappa shape index (κ2) is 52.3. The maximum atomic E-state index is 13.0. The van der Waals surface area contributed by atoms with Gasteiger partial charge in [-0.15, -0.1) is 0 Å². The van der Waals surface area contributed by atoms with Crippen LogP contribution in [-0.2, 0) is 18.4 Å². The Bertz CT molecular complexity index is 1470. The molecule has 410 valence electrons. The Labute approximate surface area is 439 Å². The molecule has 2 N–H and O–H groups in total. The van der Waals surface area contributed by atoms with E-state index in [2.05, 4.69) is 116 Å². The van der Waals surface area contributed by atoms with E-state index in [-0.39, 0.29) is 19.1 Å². The number of rotatable bonds is 52. The zero-order valence-corrected chi connectivity index (χ0v) is 47.5. The molecule has 0 aromatic heterocycles. The molecule has 0 saturated heterocycles. The molecule has 0 saturated carbocycles. The molecule has 3 atom stereocenters. The molecule has 3 unspecified atom stereocenters. The maximum Gasteiger partial charge on any atom is 0.268 e. The Morgan fingerprint density at radius 1 is 0.507 bits per heavy atom. The van der Waals surface area contributed by atoms with Crippen LogP contribution in [0.3, 0.4) is 0 Å². The van der Waals surface area contributed by atoms with E-state index >= 15 is 0 Å². The number of quaternary nitrogens is 1. The van der Waals surface area contributed by atoms with E-state index in [1.165, 1.54) is 116 Å². The molecule has 0 bridgehead atoms. The van der Waals surface area contributed by atoms with Crippen molar-refractivity contribution in [2.24, 2.45) is 0 Å². The fraction of sp³-hybridized carbons (Fsp3) is 0.726. The fourth-order valence-electron chi connectivity index (χ4n) is 8.06. The van der Waals surface area contributed by atoms with E-state index in [0.717, 1.165) is 96.3 Å². The number of aliphatic hydroxyl groups is 1. The normalized spacial score (nSPS) is 14.6. The van der Waals surface area contributed by atoms with Gasteiger partial charge in [-0.3, -0.25) is 9.36 Å². The van der Waals surface area contributed by atoms with Crippen molar-refractivity contribution in [2.45, 2.75) is 251 Å². The molecular weight excluding hydrogens is 900 g/mol. The van der Waals surface area contributed by atoms with E-state index in [1.54, 1.807) is 0 Å². The molecule has 0 aromatic rings. The predicted molar refractivity (Wildman–Crippen MR) is 306 cm³/mol. The number of hydrogen-bond acceptors (Lipinski definition) is 6. The highest BCUT2D eigenvalue weighted by atomic mass is 31.2. The number of phosphoric acid groups is 1. The molecule has 0 aliphatic heterocycles. The van der Waals surface area contributed by atoms with Gasteiger partial charge >= 0.3 is 0 Å². The summed E-state index contributed by atoms with van der Waals surface area (Å²) >= 11 is 0. The molecule has 0 fully saturated rings. The first-order valence-electron chi connectivity index (χ1n) is 29.1. The highest BCUT2D eigenvalue weighted by molar-refractivity contribution is 7.45. The van der Waals surface area contributed by atoms with Crippen LogP contribution in [0.2, 0.25) is 0 Å². The number of carbonyl (C=O) groups excluding carboxylic acids is 1. The summed E-state index contributed by atoms with van der Waals surface area (Å²) in [7, 11) is 1.29. The molecule has 0 rings (SSSR count). The van der Waals surface area contributed by atoms with Gasteiger partial charge in [0.2, 0.25) is 5.91 Å². The van der Waals surface area contributed by atoms with Crippen LogP contribution in [0.15, 0.2) is 97.2 Å². The van der Waals surface area contributed by atoms with E-state index < -0.39 is 20.0 Å². The van der Waals surface area contributed by atoms with Crippen molar-refractivity contribution in [1.82, 2.24) is 5.32 Å². The van der Waals surface area contributed by atoms with Gasteiger partial charge < -0.3 is 28.8 Å². The van der Waals surface area contributed by atoms with Crippen LogP contribution in [0.25, 0.3) is 0 Å². The highest BCUT2D eigenvalue weighted by Gasteiger charge is 2.24. The number of nitrogens with one attached hydrogen (secondary N) is 1. The molecule has 0 radical (unpaired) electrons. The molecule has 71 heavy (non-hydrogen) atoms. The van der Waals surface area contributed by atoms with Crippen LogP contribution in [-0.4, -0.2) is 68.5 Å². The summed E-state index contributed by atoms with van der Waals surface area (Å²) in [4.78, 5) is 25.5. The monoisotopic (exact) mass is 1010 g/mol. The minimum atomic E-state index is -4.58. The van der Waals surface area contributed by atoms with Gasteiger partial charge in [0.25, 0.3) is 7.82 Å². The van der Waals surface area contributed by atoms with Crippen LogP contribution in [0.1, 0.15) is 239 Å². The third kappa shape index (κ3) is 55.0. The highest BCUT2D eigenvalue weighted by Crippen LogP contribution is 2.38. The van der Waals surface area contributed by atoms with E-state index in [1.807, 2.05) is 21.1 Å². The lowest BCUT2D eigenvalue weighted by Gasteiger charge is -2.30. The number of likely N-dealkylation sites (N-methyl/N-ethyl adjacent to an activating group) is 1. The number of carbonyl (C=O) groups is 1. The van der Waals surface area contributed by atoms with Gasteiger partial charge in [-0.1, -0.05) is 252 Å². The summed E-state index contributed by atoms with van der Waals surface area (Å²) in [6.45, 7) is 4.60. The van der Waals surface area contributed by atoms with Crippen LogP contribution < -0.4 is 10.2 Å². The lowest BCUT2D eigenvalue weighted by molar-refractivity contribution is -0.870. The summed E-state index contributed by atoms with van der Waals surface area (Å²) in [5.41, 5.74) is 0. The van der Waals surface area contributed by atoms with Gasteiger partial charge in [-0.25, -0.2) is 0 Å². The fourth-order valence-corrected chi connectivity index (χ4v) is 8.78. The van der Waals surface area contributed by atoms with Crippen molar-refractivity contribution in [1.29, 1.82) is 0 Å². The van der Waals surface area contributed by atoms with E-state index in [4.69, 9.17) is 9.05 Å². The quantitative estimate of drug-likeness (QED) is 0.0272. The van der Waals surface area contributed by atoms with Gasteiger partial charge in [-0.2, -0.15) is 0 Å².